The monoisotopic (exact) mass is 353 g/mol. The first-order valence-electron chi connectivity index (χ1n) is 8.06. The van der Waals surface area contributed by atoms with Gasteiger partial charge in [0.25, 0.3) is 0 Å². The molecule has 21 heavy (non-hydrogen) atoms. The normalized spacial score (nSPS) is 18.1. The van der Waals surface area contributed by atoms with Gasteiger partial charge in [0.2, 0.25) is 0 Å². The number of hydrogen-bond acceptors (Lipinski definition) is 2. The van der Waals surface area contributed by atoms with Gasteiger partial charge >= 0.3 is 0 Å². The van der Waals surface area contributed by atoms with Crippen LogP contribution in [0.15, 0.2) is 28.7 Å². The maximum Gasteiger partial charge on any atom is 0.0949 e. The van der Waals surface area contributed by atoms with E-state index in [1.54, 1.807) is 0 Å². The minimum atomic E-state index is 0.112. The first-order chi connectivity index (χ1) is 9.94. The minimum Gasteiger partial charge on any atom is -0.372 e. The molecule has 0 heterocycles. The van der Waals surface area contributed by atoms with Gasteiger partial charge in [0, 0.05) is 16.6 Å². The molecule has 118 valence electrons. The highest BCUT2D eigenvalue weighted by molar-refractivity contribution is 9.10. The van der Waals surface area contributed by atoms with Crippen LogP contribution in [0.1, 0.15) is 58.1 Å². The van der Waals surface area contributed by atoms with E-state index in [9.17, 15) is 0 Å². The maximum atomic E-state index is 6.28. The molecule has 0 aromatic heterocycles. The third-order valence-corrected chi connectivity index (χ3v) is 4.54. The van der Waals surface area contributed by atoms with Crippen molar-refractivity contribution in [2.75, 3.05) is 13.2 Å². The number of nitrogens with one attached hydrogen (secondary N) is 1. The summed E-state index contributed by atoms with van der Waals surface area (Å²) in [5, 5.41) is 3.57. The zero-order valence-electron chi connectivity index (χ0n) is 13.5. The summed E-state index contributed by atoms with van der Waals surface area (Å²) in [6.45, 7) is 8.33. The number of benzene rings is 1. The van der Waals surface area contributed by atoms with Gasteiger partial charge in [-0.25, -0.2) is 0 Å². The molecule has 3 heteroatoms. The SMILES string of the molecule is CC(C)(C)NCC(OCC1CCCC1)c1cccc(Br)c1. The van der Waals surface area contributed by atoms with Crippen LogP contribution in [0.25, 0.3) is 0 Å². The van der Waals surface area contributed by atoms with Crippen LogP contribution in [0.2, 0.25) is 0 Å². The standard InChI is InChI=1S/C18H28BrNO/c1-18(2,3)20-12-17(15-9-6-10-16(19)11-15)21-13-14-7-4-5-8-14/h6,9-11,14,17,20H,4-5,7-8,12-13H2,1-3H3. The van der Waals surface area contributed by atoms with Gasteiger partial charge in [0.1, 0.15) is 0 Å². The average molecular weight is 354 g/mol. The van der Waals surface area contributed by atoms with E-state index in [0.29, 0.717) is 0 Å². The second kappa shape index (κ2) is 7.75. The average Bonchev–Trinajstić information content (AvgIpc) is 2.90. The fourth-order valence-corrected chi connectivity index (χ4v) is 3.22. The Bertz CT molecular complexity index is 435. The van der Waals surface area contributed by atoms with E-state index >= 15 is 0 Å². The summed E-state index contributed by atoms with van der Waals surface area (Å²) in [7, 11) is 0. The van der Waals surface area contributed by atoms with Crippen molar-refractivity contribution in [2.24, 2.45) is 5.92 Å². The van der Waals surface area contributed by atoms with Crippen LogP contribution in [-0.4, -0.2) is 18.7 Å². The van der Waals surface area contributed by atoms with Crippen LogP contribution in [0, 0.1) is 5.92 Å². The van der Waals surface area contributed by atoms with E-state index in [2.05, 4.69) is 66.3 Å². The van der Waals surface area contributed by atoms with Gasteiger partial charge in [0.15, 0.2) is 0 Å². The van der Waals surface area contributed by atoms with Crippen LogP contribution in [0.3, 0.4) is 0 Å². The molecule has 1 aromatic rings. The van der Waals surface area contributed by atoms with Gasteiger partial charge in [-0.3, -0.25) is 0 Å². The van der Waals surface area contributed by atoms with Gasteiger partial charge < -0.3 is 10.1 Å². The third kappa shape index (κ3) is 6.09. The molecule has 0 radical (unpaired) electrons. The quantitative estimate of drug-likeness (QED) is 0.769. The van der Waals surface area contributed by atoms with E-state index in [-0.39, 0.29) is 11.6 Å². The lowest BCUT2D eigenvalue weighted by atomic mass is 10.1. The van der Waals surface area contributed by atoms with Crippen molar-refractivity contribution in [1.29, 1.82) is 0 Å². The van der Waals surface area contributed by atoms with Gasteiger partial charge in [-0.1, -0.05) is 40.9 Å². The minimum absolute atomic E-state index is 0.112. The molecule has 1 N–H and O–H groups in total. The number of hydrogen-bond donors (Lipinski definition) is 1. The predicted octanol–water partition coefficient (Wildman–Crippen LogP) is 5.09. The van der Waals surface area contributed by atoms with E-state index in [1.165, 1.54) is 31.2 Å². The smallest absolute Gasteiger partial charge is 0.0949 e. The van der Waals surface area contributed by atoms with E-state index in [0.717, 1.165) is 23.5 Å². The second-order valence-electron chi connectivity index (χ2n) is 7.16. The third-order valence-electron chi connectivity index (χ3n) is 4.05. The van der Waals surface area contributed by atoms with Crippen molar-refractivity contribution in [3.8, 4) is 0 Å². The Balaban J connectivity index is 1.98. The molecule has 0 bridgehead atoms. The fourth-order valence-electron chi connectivity index (χ4n) is 2.81. The van der Waals surface area contributed by atoms with Crippen LogP contribution < -0.4 is 5.32 Å². The van der Waals surface area contributed by atoms with Gasteiger partial charge in [-0.2, -0.15) is 0 Å². The van der Waals surface area contributed by atoms with Crippen LogP contribution in [-0.2, 0) is 4.74 Å². The van der Waals surface area contributed by atoms with E-state index in [1.807, 2.05) is 0 Å². The zero-order valence-corrected chi connectivity index (χ0v) is 15.1. The summed E-state index contributed by atoms with van der Waals surface area (Å²) in [5.41, 5.74) is 1.36. The molecule has 1 aromatic carbocycles. The molecule has 1 unspecified atom stereocenters. The Morgan fingerprint density at radius 1 is 1.29 bits per heavy atom. The maximum absolute atomic E-state index is 6.28. The van der Waals surface area contributed by atoms with Crippen molar-refractivity contribution in [1.82, 2.24) is 5.32 Å². The molecule has 2 rings (SSSR count). The summed E-state index contributed by atoms with van der Waals surface area (Å²) in [5.74, 6) is 0.759. The van der Waals surface area contributed by atoms with Crippen molar-refractivity contribution in [2.45, 2.75) is 58.1 Å². The first-order valence-corrected chi connectivity index (χ1v) is 8.85. The Kier molecular flexibility index (Phi) is 6.27. The Morgan fingerprint density at radius 2 is 2.00 bits per heavy atom. The van der Waals surface area contributed by atoms with Crippen LogP contribution in [0.4, 0.5) is 0 Å². The summed E-state index contributed by atoms with van der Waals surface area (Å²) < 4.78 is 7.40. The molecule has 0 aliphatic heterocycles. The lowest BCUT2D eigenvalue weighted by Gasteiger charge is -2.27. The second-order valence-corrected chi connectivity index (χ2v) is 8.07. The molecule has 1 saturated carbocycles. The first kappa shape index (κ1) is 17.0. The summed E-state index contributed by atoms with van der Waals surface area (Å²) in [4.78, 5) is 0. The fraction of sp³-hybridized carbons (Fsp3) is 0.667. The van der Waals surface area contributed by atoms with Crippen LogP contribution >= 0.6 is 15.9 Å². The van der Waals surface area contributed by atoms with Crippen molar-refractivity contribution in [3.05, 3.63) is 34.3 Å². The highest BCUT2D eigenvalue weighted by Gasteiger charge is 2.20. The summed E-state index contributed by atoms with van der Waals surface area (Å²) in [6, 6.07) is 8.48. The largest absolute Gasteiger partial charge is 0.372 e. The Hall–Kier alpha value is -0.380. The molecule has 0 saturated heterocycles. The zero-order chi connectivity index (χ0) is 15.3. The molecule has 0 amide bonds. The predicted molar refractivity (Wildman–Crippen MR) is 92.5 cm³/mol. The summed E-state index contributed by atoms with van der Waals surface area (Å²) in [6.07, 6.45) is 5.53. The van der Waals surface area contributed by atoms with E-state index in [4.69, 9.17) is 4.74 Å². The molecular weight excluding hydrogens is 326 g/mol. The lowest BCUT2D eigenvalue weighted by molar-refractivity contribution is 0.0260. The molecule has 1 atom stereocenters. The van der Waals surface area contributed by atoms with E-state index < -0.39 is 0 Å². The van der Waals surface area contributed by atoms with Gasteiger partial charge in [0.05, 0.1) is 12.7 Å². The Labute approximate surface area is 137 Å². The molecule has 1 aliphatic carbocycles. The highest BCUT2D eigenvalue weighted by Crippen LogP contribution is 2.28. The molecule has 1 aliphatic rings. The number of ether oxygens (including phenoxy) is 1. The summed E-state index contributed by atoms with van der Waals surface area (Å²) >= 11 is 3.56. The van der Waals surface area contributed by atoms with Crippen LogP contribution in [0.5, 0.6) is 0 Å². The topological polar surface area (TPSA) is 21.3 Å². The van der Waals surface area contributed by atoms with Crippen molar-refractivity contribution in [3.63, 3.8) is 0 Å². The Morgan fingerprint density at radius 3 is 2.62 bits per heavy atom. The lowest BCUT2D eigenvalue weighted by Crippen LogP contribution is -2.39. The molecule has 1 fully saturated rings. The number of halogens is 1. The van der Waals surface area contributed by atoms with Gasteiger partial charge in [-0.15, -0.1) is 0 Å². The van der Waals surface area contributed by atoms with Crippen molar-refractivity contribution < 1.29 is 4.74 Å². The highest BCUT2D eigenvalue weighted by atomic mass is 79.9. The molecular formula is C18H28BrNO. The van der Waals surface area contributed by atoms with Crippen molar-refractivity contribution >= 4 is 15.9 Å². The van der Waals surface area contributed by atoms with Gasteiger partial charge in [-0.05, 0) is 57.2 Å². The molecule has 0 spiro atoms. The molecule has 2 nitrogen and oxygen atoms in total. The number of rotatable bonds is 6.